The van der Waals surface area contributed by atoms with Crippen LogP contribution in [0.25, 0.3) is 11.6 Å². The fourth-order valence-corrected chi connectivity index (χ4v) is 4.03. The van der Waals surface area contributed by atoms with E-state index < -0.39 is 0 Å². The summed E-state index contributed by atoms with van der Waals surface area (Å²) in [5, 5.41) is 17.6. The molecule has 0 radical (unpaired) electrons. The van der Waals surface area contributed by atoms with Gasteiger partial charge in [-0.15, -0.1) is 0 Å². The molecule has 0 bridgehead atoms. The molecule has 2 aromatic carbocycles. The molecule has 0 spiro atoms. The second-order valence-electron chi connectivity index (χ2n) is 9.31. The van der Waals surface area contributed by atoms with Crippen LogP contribution >= 0.6 is 0 Å². The van der Waals surface area contributed by atoms with Crippen LogP contribution in [0.15, 0.2) is 48.5 Å². The highest BCUT2D eigenvalue weighted by Gasteiger charge is 2.00. The minimum absolute atomic E-state index is 0.309. The molecule has 4 heteroatoms. The molecule has 0 aliphatic carbocycles. The van der Waals surface area contributed by atoms with Gasteiger partial charge in [0.25, 0.3) is 0 Å². The van der Waals surface area contributed by atoms with Gasteiger partial charge in [-0.25, -0.2) is 0 Å². The minimum Gasteiger partial charge on any atom is -0.494 e. The molecular weight excluding hydrogens is 436 g/mol. The number of allylic oxidation sites excluding steroid dienone is 1. The van der Waals surface area contributed by atoms with Crippen LogP contribution in [0.3, 0.4) is 0 Å². The Bertz CT molecular complexity index is 796. The van der Waals surface area contributed by atoms with Crippen molar-refractivity contribution in [2.24, 2.45) is 0 Å². The molecule has 0 aromatic heterocycles. The van der Waals surface area contributed by atoms with E-state index in [-0.39, 0.29) is 0 Å². The molecule has 4 nitrogen and oxygen atoms in total. The third kappa shape index (κ3) is 13.4. The molecule has 0 heterocycles. The van der Waals surface area contributed by atoms with Gasteiger partial charge in [0, 0.05) is 13.2 Å². The zero-order chi connectivity index (χ0) is 25.0. The average Bonchev–Trinajstić information content (AvgIpc) is 2.88. The average molecular weight is 483 g/mol. The Balaban J connectivity index is 1.66. The van der Waals surface area contributed by atoms with Gasteiger partial charge in [-0.05, 0) is 73.6 Å². The fraction of sp³-hybridized carbons (Fsp3) is 0.548. The van der Waals surface area contributed by atoms with Crippen molar-refractivity contribution in [2.45, 2.75) is 84.0 Å². The van der Waals surface area contributed by atoms with Crippen LogP contribution in [0.2, 0.25) is 0 Å². The van der Waals surface area contributed by atoms with E-state index in [9.17, 15) is 0 Å². The summed E-state index contributed by atoms with van der Waals surface area (Å²) in [6.07, 6.45) is 15.6. The molecular formula is C31H46O4. The van der Waals surface area contributed by atoms with E-state index in [0.29, 0.717) is 13.2 Å². The first-order chi connectivity index (χ1) is 17.2. The predicted octanol–water partition coefficient (Wildman–Crippen LogP) is 7.67. The van der Waals surface area contributed by atoms with E-state index in [1.54, 1.807) is 0 Å². The molecule has 35 heavy (non-hydrogen) atoms. The Kier molecular flexibility index (Phi) is 15.7. The van der Waals surface area contributed by atoms with Crippen molar-refractivity contribution in [3.8, 4) is 11.5 Å². The van der Waals surface area contributed by atoms with Crippen LogP contribution < -0.4 is 9.47 Å². The van der Waals surface area contributed by atoms with Gasteiger partial charge in [0.2, 0.25) is 0 Å². The van der Waals surface area contributed by atoms with Crippen LogP contribution in [0.4, 0.5) is 0 Å². The first-order valence-corrected chi connectivity index (χ1v) is 13.6. The third-order valence-electron chi connectivity index (χ3n) is 6.22. The van der Waals surface area contributed by atoms with Crippen molar-refractivity contribution < 1.29 is 19.7 Å². The van der Waals surface area contributed by atoms with Gasteiger partial charge in [0.1, 0.15) is 11.5 Å². The standard InChI is InChI=1S/C31H46O4/c1-27(29-16-20-31(21-17-29)35-25-13-9-5-3-7-11-23-33)26-28-14-18-30(19-15-28)34-24-12-8-4-2-6-10-22-32/h14-21,26,32-33H,2-13,22-25H2,1H3/b27-26-. The number of aliphatic hydroxyl groups excluding tert-OH is 2. The summed E-state index contributed by atoms with van der Waals surface area (Å²) in [4.78, 5) is 0. The van der Waals surface area contributed by atoms with Crippen LogP contribution in [-0.2, 0) is 0 Å². The summed E-state index contributed by atoms with van der Waals surface area (Å²) >= 11 is 0. The lowest BCUT2D eigenvalue weighted by Crippen LogP contribution is -1.97. The molecule has 2 rings (SSSR count). The molecule has 0 fully saturated rings. The number of rotatable bonds is 20. The Hall–Kier alpha value is -2.30. The van der Waals surface area contributed by atoms with E-state index >= 15 is 0 Å². The maximum absolute atomic E-state index is 8.80. The molecule has 0 unspecified atom stereocenters. The Morgan fingerprint density at radius 3 is 1.43 bits per heavy atom. The summed E-state index contributed by atoms with van der Waals surface area (Å²) in [5.41, 5.74) is 3.58. The topological polar surface area (TPSA) is 58.9 Å². The number of ether oxygens (including phenoxy) is 2. The van der Waals surface area contributed by atoms with E-state index in [1.165, 1.54) is 49.7 Å². The molecule has 0 aliphatic heterocycles. The van der Waals surface area contributed by atoms with Crippen LogP contribution in [0.5, 0.6) is 11.5 Å². The fourth-order valence-electron chi connectivity index (χ4n) is 4.03. The highest BCUT2D eigenvalue weighted by molar-refractivity contribution is 5.80. The molecule has 2 aromatic rings. The monoisotopic (exact) mass is 482 g/mol. The normalized spacial score (nSPS) is 11.6. The third-order valence-corrected chi connectivity index (χ3v) is 6.22. The lowest BCUT2D eigenvalue weighted by atomic mass is 10.0. The van der Waals surface area contributed by atoms with Gasteiger partial charge >= 0.3 is 0 Å². The van der Waals surface area contributed by atoms with Gasteiger partial charge in [-0.3, -0.25) is 0 Å². The second kappa shape index (κ2) is 19.0. The first kappa shape index (κ1) is 28.9. The van der Waals surface area contributed by atoms with E-state index in [2.05, 4.69) is 49.4 Å². The molecule has 0 saturated carbocycles. The summed E-state index contributed by atoms with van der Waals surface area (Å²) in [7, 11) is 0. The second-order valence-corrected chi connectivity index (χ2v) is 9.31. The summed E-state index contributed by atoms with van der Waals surface area (Å²) in [6.45, 7) is 4.27. The van der Waals surface area contributed by atoms with Crippen molar-refractivity contribution in [3.63, 3.8) is 0 Å². The van der Waals surface area contributed by atoms with Crippen molar-refractivity contribution in [1.82, 2.24) is 0 Å². The molecule has 0 saturated heterocycles. The predicted molar refractivity (Wildman–Crippen MR) is 147 cm³/mol. The SMILES string of the molecule is C/C(=C/c1ccc(OCCCCCCCCO)cc1)c1ccc(OCCCCCCCCO)cc1. The maximum atomic E-state index is 8.80. The molecule has 194 valence electrons. The van der Waals surface area contributed by atoms with Crippen molar-refractivity contribution in [2.75, 3.05) is 26.4 Å². The highest BCUT2D eigenvalue weighted by atomic mass is 16.5. The maximum Gasteiger partial charge on any atom is 0.119 e. The van der Waals surface area contributed by atoms with Gasteiger partial charge in [0.15, 0.2) is 0 Å². The summed E-state index contributed by atoms with van der Waals surface area (Å²) in [6, 6.07) is 16.7. The number of hydrogen-bond acceptors (Lipinski definition) is 4. The molecule has 0 atom stereocenters. The number of benzene rings is 2. The number of hydrogen-bond donors (Lipinski definition) is 2. The van der Waals surface area contributed by atoms with Gasteiger partial charge in [-0.2, -0.15) is 0 Å². The first-order valence-electron chi connectivity index (χ1n) is 13.6. The molecule has 0 amide bonds. The zero-order valence-electron chi connectivity index (χ0n) is 21.7. The number of unbranched alkanes of at least 4 members (excludes halogenated alkanes) is 10. The van der Waals surface area contributed by atoms with Crippen molar-refractivity contribution in [1.29, 1.82) is 0 Å². The Labute approximate surface area is 213 Å². The smallest absolute Gasteiger partial charge is 0.119 e. The number of aliphatic hydroxyl groups is 2. The molecule has 0 aliphatic rings. The van der Waals surface area contributed by atoms with Crippen molar-refractivity contribution in [3.05, 3.63) is 59.7 Å². The van der Waals surface area contributed by atoms with Gasteiger partial charge < -0.3 is 19.7 Å². The minimum atomic E-state index is 0.309. The van der Waals surface area contributed by atoms with Crippen LogP contribution in [0, 0.1) is 0 Å². The van der Waals surface area contributed by atoms with Crippen LogP contribution in [-0.4, -0.2) is 36.6 Å². The quantitative estimate of drug-likeness (QED) is 0.150. The largest absolute Gasteiger partial charge is 0.494 e. The van der Waals surface area contributed by atoms with Crippen molar-refractivity contribution >= 4 is 11.6 Å². The van der Waals surface area contributed by atoms with E-state index in [1.807, 2.05) is 12.1 Å². The van der Waals surface area contributed by atoms with E-state index in [4.69, 9.17) is 19.7 Å². The van der Waals surface area contributed by atoms with E-state index in [0.717, 1.165) is 68.8 Å². The Morgan fingerprint density at radius 2 is 0.971 bits per heavy atom. The summed E-state index contributed by atoms with van der Waals surface area (Å²) < 4.78 is 11.8. The van der Waals surface area contributed by atoms with Gasteiger partial charge in [-0.1, -0.05) is 81.7 Å². The Morgan fingerprint density at radius 1 is 0.571 bits per heavy atom. The lowest BCUT2D eigenvalue weighted by molar-refractivity contribution is 0.280. The summed E-state index contributed by atoms with van der Waals surface area (Å²) in [5.74, 6) is 1.85. The van der Waals surface area contributed by atoms with Gasteiger partial charge in [0.05, 0.1) is 13.2 Å². The lowest BCUT2D eigenvalue weighted by Gasteiger charge is -2.09. The zero-order valence-corrected chi connectivity index (χ0v) is 21.7. The van der Waals surface area contributed by atoms with Crippen LogP contribution in [0.1, 0.15) is 95.1 Å². The highest BCUT2D eigenvalue weighted by Crippen LogP contribution is 2.22. The molecule has 2 N–H and O–H groups in total.